The smallest absolute Gasteiger partial charge is 0.290 e. The van der Waals surface area contributed by atoms with Crippen LogP contribution in [0.25, 0.3) is 0 Å². The molecule has 2 fully saturated rings. The molecule has 7 nitrogen and oxygen atoms in total. The van der Waals surface area contributed by atoms with E-state index in [1.807, 2.05) is 30.9 Å². The van der Waals surface area contributed by atoms with Crippen LogP contribution in [0.4, 0.5) is 5.95 Å². The maximum Gasteiger partial charge on any atom is 0.290 e. The highest BCUT2D eigenvalue weighted by atomic mass is 16.3. The zero-order valence-electron chi connectivity index (χ0n) is 16.3. The van der Waals surface area contributed by atoms with Crippen LogP contribution < -0.4 is 4.90 Å². The molecule has 2 saturated heterocycles. The molecule has 4 heterocycles. The Labute approximate surface area is 166 Å². The fraction of sp³-hybridized carbons (Fsp3) is 0.524. The van der Waals surface area contributed by atoms with E-state index in [1.165, 1.54) is 43.4 Å². The number of nitrogens with zero attached hydrogens (tertiary/aromatic N) is 5. The number of aromatic nitrogens is 3. The molecule has 1 N–H and O–H groups in total. The van der Waals surface area contributed by atoms with Gasteiger partial charge in [-0.15, -0.1) is 0 Å². The van der Waals surface area contributed by atoms with Gasteiger partial charge in [-0.25, -0.2) is 9.97 Å². The number of rotatable bonds is 5. The Balaban J connectivity index is 0.000000706. The summed E-state index contributed by atoms with van der Waals surface area (Å²) >= 11 is 0. The number of piperidine rings is 1. The van der Waals surface area contributed by atoms with E-state index in [0.717, 1.165) is 44.5 Å². The van der Waals surface area contributed by atoms with Crippen molar-refractivity contribution in [2.75, 3.05) is 31.1 Å². The Bertz CT molecular complexity index is 704. The fourth-order valence-corrected chi connectivity index (χ4v) is 4.02. The minimum absolute atomic E-state index is 0.250. The predicted molar refractivity (Wildman–Crippen MR) is 108 cm³/mol. The van der Waals surface area contributed by atoms with Gasteiger partial charge in [0.15, 0.2) is 0 Å². The molecule has 7 heteroatoms. The lowest BCUT2D eigenvalue weighted by Gasteiger charge is -2.26. The summed E-state index contributed by atoms with van der Waals surface area (Å²) in [6.07, 6.45) is 14.1. The number of likely N-dealkylation sites (tertiary alicyclic amines) is 1. The average molecular weight is 383 g/mol. The Morgan fingerprint density at radius 1 is 1.07 bits per heavy atom. The average Bonchev–Trinajstić information content (AvgIpc) is 3.17. The molecule has 4 rings (SSSR count). The normalized spacial score (nSPS) is 19.7. The third kappa shape index (κ3) is 5.99. The van der Waals surface area contributed by atoms with Crippen LogP contribution in [0.2, 0.25) is 0 Å². The highest BCUT2D eigenvalue weighted by molar-refractivity contribution is 5.32. The van der Waals surface area contributed by atoms with Crippen LogP contribution in [0, 0.1) is 5.92 Å². The highest BCUT2D eigenvalue weighted by Gasteiger charge is 2.23. The third-order valence-electron chi connectivity index (χ3n) is 5.35. The zero-order valence-corrected chi connectivity index (χ0v) is 16.3. The molecule has 0 bridgehead atoms. The second kappa shape index (κ2) is 10.7. The van der Waals surface area contributed by atoms with Crippen LogP contribution in [-0.2, 0) is 17.8 Å². The van der Waals surface area contributed by atoms with E-state index in [-0.39, 0.29) is 6.47 Å². The molecule has 2 aromatic rings. The first-order chi connectivity index (χ1) is 13.8. The molecule has 1 unspecified atom stereocenters. The monoisotopic (exact) mass is 383 g/mol. The lowest BCUT2D eigenvalue weighted by Crippen LogP contribution is -2.31. The molecule has 0 spiro atoms. The molecule has 2 aliphatic heterocycles. The molecule has 2 aliphatic rings. The van der Waals surface area contributed by atoms with Gasteiger partial charge in [-0.1, -0.05) is 6.07 Å². The molecule has 0 radical (unpaired) electrons. The molecule has 0 amide bonds. The molecule has 0 saturated carbocycles. The van der Waals surface area contributed by atoms with Gasteiger partial charge in [-0.05, 0) is 56.2 Å². The van der Waals surface area contributed by atoms with E-state index in [9.17, 15) is 0 Å². The van der Waals surface area contributed by atoms with Crippen molar-refractivity contribution in [2.45, 2.75) is 38.6 Å². The van der Waals surface area contributed by atoms with Gasteiger partial charge in [-0.2, -0.15) is 0 Å². The first kappa shape index (κ1) is 20.2. The third-order valence-corrected chi connectivity index (χ3v) is 5.35. The maximum absolute atomic E-state index is 8.36. The summed E-state index contributed by atoms with van der Waals surface area (Å²) in [5.41, 5.74) is 2.58. The van der Waals surface area contributed by atoms with E-state index in [4.69, 9.17) is 9.90 Å². The van der Waals surface area contributed by atoms with Gasteiger partial charge < -0.3 is 10.0 Å². The zero-order chi connectivity index (χ0) is 19.6. The number of hydrogen-bond donors (Lipinski definition) is 1. The summed E-state index contributed by atoms with van der Waals surface area (Å²) in [6.45, 7) is 5.23. The van der Waals surface area contributed by atoms with Crippen molar-refractivity contribution in [1.82, 2.24) is 19.9 Å². The van der Waals surface area contributed by atoms with Crippen LogP contribution in [0.3, 0.4) is 0 Å². The number of carboxylic acid groups (broad SMARTS) is 1. The van der Waals surface area contributed by atoms with Crippen molar-refractivity contribution in [2.24, 2.45) is 5.92 Å². The Morgan fingerprint density at radius 2 is 1.82 bits per heavy atom. The van der Waals surface area contributed by atoms with Crippen molar-refractivity contribution >= 4 is 12.4 Å². The molecule has 28 heavy (non-hydrogen) atoms. The lowest BCUT2D eigenvalue weighted by atomic mass is 10.0. The van der Waals surface area contributed by atoms with Gasteiger partial charge in [0.25, 0.3) is 6.47 Å². The van der Waals surface area contributed by atoms with E-state index >= 15 is 0 Å². The standard InChI is InChI=1S/C20H27N5.CH2O2/c1-2-8-25(9-3-1)20-22-13-19(14-23-20)16-24-10-6-18(15-24)11-17-5-4-7-21-12-17;2-1-3/h4-5,7,12-14,18H,1-3,6,8-11,15-16H2;1H,(H,2,3). The molecule has 0 aromatic carbocycles. The van der Waals surface area contributed by atoms with Gasteiger partial charge in [0, 0.05) is 56.5 Å². The molecule has 1 atom stereocenters. The number of hydrogen-bond acceptors (Lipinski definition) is 6. The predicted octanol–water partition coefficient (Wildman–Crippen LogP) is 2.63. The minimum atomic E-state index is -0.250. The Kier molecular flexibility index (Phi) is 7.72. The summed E-state index contributed by atoms with van der Waals surface area (Å²) in [4.78, 5) is 26.6. The summed E-state index contributed by atoms with van der Waals surface area (Å²) in [6, 6.07) is 4.21. The number of carbonyl (C=O) groups is 1. The van der Waals surface area contributed by atoms with Crippen LogP contribution >= 0.6 is 0 Å². The molecule has 0 aliphatic carbocycles. The van der Waals surface area contributed by atoms with Crippen molar-refractivity contribution in [3.05, 3.63) is 48.0 Å². The van der Waals surface area contributed by atoms with E-state index in [2.05, 4.69) is 30.8 Å². The van der Waals surface area contributed by atoms with Crippen molar-refractivity contribution < 1.29 is 9.90 Å². The lowest BCUT2D eigenvalue weighted by molar-refractivity contribution is -0.122. The summed E-state index contributed by atoms with van der Waals surface area (Å²) in [5.74, 6) is 1.64. The number of pyridine rings is 1. The van der Waals surface area contributed by atoms with E-state index in [1.54, 1.807) is 0 Å². The van der Waals surface area contributed by atoms with Crippen LogP contribution in [0.15, 0.2) is 36.9 Å². The Morgan fingerprint density at radius 3 is 2.50 bits per heavy atom. The van der Waals surface area contributed by atoms with Gasteiger partial charge in [0.2, 0.25) is 5.95 Å². The van der Waals surface area contributed by atoms with Crippen LogP contribution in [-0.4, -0.2) is 57.6 Å². The SMILES string of the molecule is O=CO.c1cncc(CC2CCN(Cc3cnc(N4CCCCC4)nc3)C2)c1. The second-order valence-corrected chi connectivity index (χ2v) is 7.50. The van der Waals surface area contributed by atoms with Gasteiger partial charge in [0.1, 0.15) is 0 Å². The van der Waals surface area contributed by atoms with Crippen molar-refractivity contribution in [1.29, 1.82) is 0 Å². The highest BCUT2D eigenvalue weighted by Crippen LogP contribution is 2.22. The van der Waals surface area contributed by atoms with Crippen LogP contribution in [0.1, 0.15) is 36.8 Å². The summed E-state index contributed by atoms with van der Waals surface area (Å²) < 4.78 is 0. The van der Waals surface area contributed by atoms with E-state index in [0.29, 0.717) is 0 Å². The van der Waals surface area contributed by atoms with Crippen molar-refractivity contribution in [3.8, 4) is 0 Å². The fourth-order valence-electron chi connectivity index (χ4n) is 4.02. The summed E-state index contributed by atoms with van der Waals surface area (Å²) in [5, 5.41) is 6.89. The van der Waals surface area contributed by atoms with Gasteiger partial charge in [-0.3, -0.25) is 14.7 Å². The van der Waals surface area contributed by atoms with Crippen molar-refractivity contribution in [3.63, 3.8) is 0 Å². The maximum atomic E-state index is 8.36. The van der Waals surface area contributed by atoms with Gasteiger partial charge >= 0.3 is 0 Å². The second-order valence-electron chi connectivity index (χ2n) is 7.50. The Hall–Kier alpha value is -2.54. The van der Waals surface area contributed by atoms with Gasteiger partial charge in [0.05, 0.1) is 0 Å². The molecule has 2 aromatic heterocycles. The quantitative estimate of drug-likeness (QED) is 0.795. The summed E-state index contributed by atoms with van der Waals surface area (Å²) in [7, 11) is 0. The largest absolute Gasteiger partial charge is 0.483 e. The molecular weight excluding hydrogens is 354 g/mol. The first-order valence-corrected chi connectivity index (χ1v) is 10.0. The molecular formula is C21H29N5O2. The molecule has 150 valence electrons. The topological polar surface area (TPSA) is 82.4 Å². The first-order valence-electron chi connectivity index (χ1n) is 10.0. The van der Waals surface area contributed by atoms with Crippen LogP contribution in [0.5, 0.6) is 0 Å². The number of anilines is 1. The minimum Gasteiger partial charge on any atom is -0.483 e. The van der Waals surface area contributed by atoms with E-state index < -0.39 is 0 Å².